The Morgan fingerprint density at radius 1 is 1.28 bits per heavy atom. The molecule has 168 valence electrons. The quantitative estimate of drug-likeness (QED) is 0.454. The molecule has 2 N–H and O–H groups in total. The number of H-pyrrole nitrogens is 1. The Labute approximate surface area is 194 Å². The number of rotatable bonds is 9. The van der Waals surface area contributed by atoms with Gasteiger partial charge in [-0.3, -0.25) is 4.79 Å². The van der Waals surface area contributed by atoms with Crippen molar-refractivity contribution in [3.05, 3.63) is 54.5 Å². The van der Waals surface area contributed by atoms with Crippen molar-refractivity contribution in [3.8, 4) is 6.07 Å². The number of aromatic amines is 1. The lowest BCUT2D eigenvalue weighted by molar-refractivity contribution is -0.134. The lowest BCUT2D eigenvalue weighted by Gasteiger charge is -2.34. The van der Waals surface area contributed by atoms with Crippen molar-refractivity contribution in [2.24, 2.45) is 5.92 Å². The Hall–Kier alpha value is -2.69. The van der Waals surface area contributed by atoms with Gasteiger partial charge in [-0.2, -0.15) is 5.26 Å². The first-order valence-electron chi connectivity index (χ1n) is 11.5. The van der Waals surface area contributed by atoms with Crippen LogP contribution in [0, 0.1) is 17.2 Å². The van der Waals surface area contributed by atoms with Gasteiger partial charge in [0.15, 0.2) is 0 Å². The molecule has 0 radical (unpaired) electrons. The molecule has 3 aromatic rings. The maximum atomic E-state index is 13.5. The summed E-state index contributed by atoms with van der Waals surface area (Å²) in [6, 6.07) is 13.8. The summed E-state index contributed by atoms with van der Waals surface area (Å²) in [7, 11) is 0. The number of nitriles is 1. The standard InChI is InChI=1S/C25H31N5OS/c1-2-5-19-10-15-30(16-11-19)25(31)23(12-17-29-14-4-6-20(29)18-26)28-32-24-8-3-7-22-21(24)9-13-27-22/h3-4,6-9,13-14,19,23,27-28H,2,5,10-12,15-17H2,1H3. The number of nitrogens with zero attached hydrogens (tertiary/aromatic N) is 3. The molecule has 1 fully saturated rings. The highest BCUT2D eigenvalue weighted by atomic mass is 32.2. The zero-order valence-electron chi connectivity index (χ0n) is 18.6. The minimum Gasteiger partial charge on any atom is -0.361 e. The number of benzene rings is 1. The molecule has 1 saturated heterocycles. The van der Waals surface area contributed by atoms with Crippen LogP contribution in [-0.2, 0) is 11.3 Å². The number of fused-ring (bicyclic) bond motifs is 1. The summed E-state index contributed by atoms with van der Waals surface area (Å²) in [6.45, 7) is 4.54. The first-order valence-corrected chi connectivity index (χ1v) is 12.3. The van der Waals surface area contributed by atoms with E-state index < -0.39 is 0 Å². The third-order valence-corrected chi connectivity index (χ3v) is 7.37. The topological polar surface area (TPSA) is 76.8 Å². The predicted molar refractivity (Wildman–Crippen MR) is 129 cm³/mol. The highest BCUT2D eigenvalue weighted by Gasteiger charge is 2.28. The largest absolute Gasteiger partial charge is 0.361 e. The van der Waals surface area contributed by atoms with Crippen molar-refractivity contribution in [2.45, 2.75) is 56.5 Å². The van der Waals surface area contributed by atoms with E-state index >= 15 is 0 Å². The van der Waals surface area contributed by atoms with Gasteiger partial charge < -0.3 is 14.5 Å². The van der Waals surface area contributed by atoms with E-state index in [9.17, 15) is 10.1 Å². The van der Waals surface area contributed by atoms with Crippen LogP contribution in [-0.4, -0.2) is 39.5 Å². The van der Waals surface area contributed by atoms with Crippen molar-refractivity contribution in [1.29, 1.82) is 5.26 Å². The number of amides is 1. The fourth-order valence-electron chi connectivity index (χ4n) is 4.56. The molecule has 0 bridgehead atoms. The minimum absolute atomic E-state index is 0.166. The number of carbonyl (C=O) groups excluding carboxylic acids is 1. The summed E-state index contributed by atoms with van der Waals surface area (Å²) in [6.07, 6.45) is 9.13. The SMILES string of the molecule is CCCC1CCN(C(=O)C(CCn2cccc2C#N)NSc2cccc3[nH]ccc23)CC1. The van der Waals surface area contributed by atoms with Crippen molar-refractivity contribution < 1.29 is 4.79 Å². The number of carbonyl (C=O) groups is 1. The minimum atomic E-state index is -0.314. The molecule has 1 aromatic carbocycles. The molecule has 0 spiro atoms. The molecule has 6 nitrogen and oxygen atoms in total. The van der Waals surface area contributed by atoms with Crippen LogP contribution in [0.3, 0.4) is 0 Å². The van der Waals surface area contributed by atoms with Gasteiger partial charge in [0.2, 0.25) is 5.91 Å². The molecule has 1 aliphatic heterocycles. The van der Waals surface area contributed by atoms with Gasteiger partial charge in [-0.25, -0.2) is 4.72 Å². The number of hydrogen-bond donors (Lipinski definition) is 2. The number of hydrogen-bond acceptors (Lipinski definition) is 4. The monoisotopic (exact) mass is 449 g/mol. The third kappa shape index (κ3) is 5.20. The Balaban J connectivity index is 1.45. The lowest BCUT2D eigenvalue weighted by Crippen LogP contribution is -2.48. The number of piperidine rings is 1. The van der Waals surface area contributed by atoms with E-state index in [4.69, 9.17) is 0 Å². The van der Waals surface area contributed by atoms with Gasteiger partial charge in [-0.1, -0.05) is 25.8 Å². The average Bonchev–Trinajstić information content (AvgIpc) is 3.49. The van der Waals surface area contributed by atoms with Crippen molar-refractivity contribution in [1.82, 2.24) is 19.2 Å². The molecule has 1 unspecified atom stereocenters. The van der Waals surface area contributed by atoms with Gasteiger partial charge in [0.1, 0.15) is 11.8 Å². The van der Waals surface area contributed by atoms with Crippen LogP contribution in [0.1, 0.15) is 44.7 Å². The van der Waals surface area contributed by atoms with E-state index in [-0.39, 0.29) is 11.9 Å². The summed E-state index contributed by atoms with van der Waals surface area (Å²) in [4.78, 5) is 19.9. The van der Waals surface area contributed by atoms with E-state index in [1.54, 1.807) is 0 Å². The molecule has 2 aromatic heterocycles. The van der Waals surface area contributed by atoms with E-state index in [0.29, 0.717) is 18.7 Å². The second kappa shape index (κ2) is 10.8. The third-order valence-electron chi connectivity index (χ3n) is 6.39. The first kappa shape index (κ1) is 22.5. The van der Waals surface area contributed by atoms with Crippen molar-refractivity contribution in [2.75, 3.05) is 13.1 Å². The van der Waals surface area contributed by atoms with Gasteiger partial charge in [-0.05, 0) is 67.5 Å². The molecular formula is C25H31N5OS. The summed E-state index contributed by atoms with van der Waals surface area (Å²) in [5, 5.41) is 10.5. The summed E-state index contributed by atoms with van der Waals surface area (Å²) < 4.78 is 5.39. The molecule has 1 aliphatic rings. The normalized spacial score (nSPS) is 15.7. The molecule has 1 atom stereocenters. The van der Waals surface area contributed by atoms with Gasteiger partial charge in [-0.15, -0.1) is 0 Å². The van der Waals surface area contributed by atoms with Gasteiger partial charge >= 0.3 is 0 Å². The highest BCUT2D eigenvalue weighted by molar-refractivity contribution is 7.97. The maximum Gasteiger partial charge on any atom is 0.240 e. The zero-order chi connectivity index (χ0) is 22.3. The second-order valence-electron chi connectivity index (χ2n) is 8.51. The van der Waals surface area contributed by atoms with Crippen LogP contribution in [0.5, 0.6) is 0 Å². The molecule has 0 saturated carbocycles. The summed E-state index contributed by atoms with van der Waals surface area (Å²) in [5.74, 6) is 0.911. The molecular weight excluding hydrogens is 418 g/mol. The average molecular weight is 450 g/mol. The van der Waals surface area contributed by atoms with E-state index in [0.717, 1.165) is 47.6 Å². The zero-order valence-corrected chi connectivity index (χ0v) is 19.4. The fourth-order valence-corrected chi connectivity index (χ4v) is 5.48. The fraction of sp³-hybridized carbons (Fsp3) is 0.440. The number of nitrogens with one attached hydrogen (secondary N) is 2. The van der Waals surface area contributed by atoms with Crippen LogP contribution < -0.4 is 4.72 Å². The van der Waals surface area contributed by atoms with Gasteiger partial charge in [0, 0.05) is 47.8 Å². The maximum absolute atomic E-state index is 13.5. The van der Waals surface area contributed by atoms with Crippen LogP contribution in [0.2, 0.25) is 0 Å². The predicted octanol–water partition coefficient (Wildman–Crippen LogP) is 4.94. The van der Waals surface area contributed by atoms with Crippen LogP contribution in [0.25, 0.3) is 10.9 Å². The van der Waals surface area contributed by atoms with Crippen molar-refractivity contribution >= 4 is 28.8 Å². The summed E-state index contributed by atoms with van der Waals surface area (Å²) in [5.41, 5.74) is 1.71. The van der Waals surface area contributed by atoms with Crippen LogP contribution in [0.15, 0.2) is 53.7 Å². The number of likely N-dealkylation sites (tertiary alicyclic amines) is 1. The van der Waals surface area contributed by atoms with Gasteiger partial charge in [0.25, 0.3) is 0 Å². The van der Waals surface area contributed by atoms with Crippen molar-refractivity contribution in [3.63, 3.8) is 0 Å². The van der Waals surface area contributed by atoms with E-state index in [2.05, 4.69) is 40.9 Å². The molecule has 4 rings (SSSR count). The molecule has 1 amide bonds. The number of aryl methyl sites for hydroxylation is 1. The Morgan fingerprint density at radius 2 is 2.12 bits per heavy atom. The van der Waals surface area contributed by atoms with Crippen LogP contribution in [0.4, 0.5) is 0 Å². The lowest BCUT2D eigenvalue weighted by atomic mass is 9.92. The Morgan fingerprint density at radius 3 is 2.91 bits per heavy atom. The van der Waals surface area contributed by atoms with Crippen LogP contribution >= 0.6 is 11.9 Å². The molecule has 3 heterocycles. The summed E-state index contributed by atoms with van der Waals surface area (Å²) >= 11 is 1.52. The second-order valence-corrected chi connectivity index (χ2v) is 9.39. The van der Waals surface area contributed by atoms with Gasteiger partial charge in [0.05, 0.1) is 6.04 Å². The first-order chi connectivity index (χ1) is 15.7. The van der Waals surface area contributed by atoms with E-state index in [1.165, 1.54) is 24.8 Å². The molecule has 32 heavy (non-hydrogen) atoms. The Kier molecular flexibility index (Phi) is 7.56. The molecule has 7 heteroatoms. The molecule has 0 aliphatic carbocycles. The Bertz CT molecular complexity index is 1070. The van der Waals surface area contributed by atoms with E-state index in [1.807, 2.05) is 40.1 Å². The number of aromatic nitrogens is 2. The smallest absolute Gasteiger partial charge is 0.240 e. The highest BCUT2D eigenvalue weighted by Crippen LogP contribution is 2.27.